The molecule has 2 heterocycles. The van der Waals surface area contributed by atoms with Crippen LogP contribution in [0.2, 0.25) is 0 Å². The van der Waals surface area contributed by atoms with E-state index >= 15 is 0 Å². The van der Waals surface area contributed by atoms with Crippen LogP contribution in [0, 0.1) is 0 Å². The van der Waals surface area contributed by atoms with Crippen molar-refractivity contribution in [1.82, 2.24) is 0 Å². The monoisotopic (exact) mass is 276 g/mol. The number of hydrogen-bond donors (Lipinski definition) is 2. The summed E-state index contributed by atoms with van der Waals surface area (Å²) in [5, 5.41) is 18.5. The van der Waals surface area contributed by atoms with Gasteiger partial charge in [-0.2, -0.15) is 0 Å². The third kappa shape index (κ3) is 2.90. The number of carboxylic acid groups (broad SMARTS) is 1. The first-order chi connectivity index (χ1) is 8.65. The van der Waals surface area contributed by atoms with E-state index in [-0.39, 0.29) is 6.61 Å². The molecule has 0 aromatic carbocycles. The Morgan fingerprint density at radius 3 is 2.05 bits per heavy atom. The van der Waals surface area contributed by atoms with E-state index in [1.54, 1.807) is 27.7 Å². The zero-order valence-electron chi connectivity index (χ0n) is 11.5. The van der Waals surface area contributed by atoms with E-state index in [1.807, 2.05) is 0 Å². The second kappa shape index (κ2) is 4.68. The van der Waals surface area contributed by atoms with Gasteiger partial charge in [-0.1, -0.05) is 0 Å². The summed E-state index contributed by atoms with van der Waals surface area (Å²) in [5.74, 6) is -3.03. The third-order valence-corrected chi connectivity index (χ3v) is 3.10. The van der Waals surface area contributed by atoms with Gasteiger partial charge in [0.2, 0.25) is 0 Å². The SMILES string of the molecule is CC1(C)O[C@H]([C@@H]2OC(C)(C)O[C@H]2C(=O)O)[C@@H](CO)O1. The van der Waals surface area contributed by atoms with Gasteiger partial charge in [0, 0.05) is 0 Å². The number of carbonyl (C=O) groups is 1. The molecular formula is C12H20O7. The molecule has 7 heteroatoms. The van der Waals surface area contributed by atoms with E-state index < -0.39 is 42.0 Å². The number of aliphatic carboxylic acids is 1. The smallest absolute Gasteiger partial charge is 0.335 e. The van der Waals surface area contributed by atoms with Gasteiger partial charge < -0.3 is 29.2 Å². The van der Waals surface area contributed by atoms with Crippen LogP contribution in [0.4, 0.5) is 0 Å². The largest absolute Gasteiger partial charge is 0.479 e. The molecule has 19 heavy (non-hydrogen) atoms. The van der Waals surface area contributed by atoms with Gasteiger partial charge in [-0.05, 0) is 27.7 Å². The lowest BCUT2D eigenvalue weighted by atomic mass is 10.0. The molecule has 110 valence electrons. The van der Waals surface area contributed by atoms with Crippen molar-refractivity contribution in [3.8, 4) is 0 Å². The van der Waals surface area contributed by atoms with Crippen LogP contribution in [0.3, 0.4) is 0 Å². The third-order valence-electron chi connectivity index (χ3n) is 3.10. The summed E-state index contributed by atoms with van der Waals surface area (Å²) in [6, 6.07) is 0. The Balaban J connectivity index is 2.22. The summed E-state index contributed by atoms with van der Waals surface area (Å²) in [6.45, 7) is 6.40. The Bertz CT molecular complexity index is 365. The lowest BCUT2D eigenvalue weighted by molar-refractivity contribution is -0.176. The van der Waals surface area contributed by atoms with Crippen molar-refractivity contribution < 1.29 is 34.0 Å². The summed E-state index contributed by atoms with van der Waals surface area (Å²) in [4.78, 5) is 11.2. The van der Waals surface area contributed by atoms with Gasteiger partial charge in [-0.3, -0.25) is 0 Å². The van der Waals surface area contributed by atoms with Gasteiger partial charge in [-0.25, -0.2) is 4.79 Å². The van der Waals surface area contributed by atoms with Crippen molar-refractivity contribution in [2.75, 3.05) is 6.61 Å². The molecule has 0 aliphatic carbocycles. The van der Waals surface area contributed by atoms with Gasteiger partial charge in [0.15, 0.2) is 17.7 Å². The highest BCUT2D eigenvalue weighted by atomic mass is 16.8. The molecule has 2 fully saturated rings. The molecule has 2 aliphatic rings. The summed E-state index contributed by atoms with van der Waals surface area (Å²) < 4.78 is 22.1. The van der Waals surface area contributed by atoms with Crippen LogP contribution in [-0.4, -0.2) is 58.8 Å². The lowest BCUT2D eigenvalue weighted by Gasteiger charge is -2.24. The zero-order chi connectivity index (χ0) is 14.4. The van der Waals surface area contributed by atoms with Crippen LogP contribution in [-0.2, 0) is 23.7 Å². The molecule has 0 saturated carbocycles. The molecule has 2 saturated heterocycles. The van der Waals surface area contributed by atoms with Crippen molar-refractivity contribution in [3.63, 3.8) is 0 Å². The van der Waals surface area contributed by atoms with Crippen molar-refractivity contribution in [2.45, 2.75) is 63.7 Å². The fourth-order valence-electron chi connectivity index (χ4n) is 2.50. The van der Waals surface area contributed by atoms with Crippen molar-refractivity contribution in [2.24, 2.45) is 0 Å². The van der Waals surface area contributed by atoms with Gasteiger partial charge in [0.05, 0.1) is 6.61 Å². The van der Waals surface area contributed by atoms with Crippen molar-refractivity contribution >= 4 is 5.97 Å². The van der Waals surface area contributed by atoms with E-state index in [1.165, 1.54) is 0 Å². The predicted octanol–water partition coefficient (Wildman–Crippen LogP) is 0.103. The lowest BCUT2D eigenvalue weighted by Crippen LogP contribution is -2.46. The summed E-state index contributed by atoms with van der Waals surface area (Å²) in [7, 11) is 0. The second-order valence-electron chi connectivity index (χ2n) is 5.68. The normalized spacial score (nSPS) is 40.5. The molecule has 0 bridgehead atoms. The number of carboxylic acids is 1. The number of ether oxygens (including phenoxy) is 4. The topological polar surface area (TPSA) is 94.5 Å². The Labute approximate surface area is 111 Å². The first kappa shape index (κ1) is 14.7. The van der Waals surface area contributed by atoms with Crippen molar-refractivity contribution in [1.29, 1.82) is 0 Å². The second-order valence-corrected chi connectivity index (χ2v) is 5.68. The Morgan fingerprint density at radius 2 is 1.53 bits per heavy atom. The molecule has 0 spiro atoms. The average molecular weight is 276 g/mol. The van der Waals surface area contributed by atoms with Crippen LogP contribution in [0.1, 0.15) is 27.7 Å². The molecule has 0 aromatic heterocycles. The highest BCUT2D eigenvalue weighted by Gasteiger charge is 2.55. The molecular weight excluding hydrogens is 256 g/mol. The van der Waals surface area contributed by atoms with E-state index in [0.717, 1.165) is 0 Å². The minimum atomic E-state index is -1.15. The predicted molar refractivity (Wildman–Crippen MR) is 62.4 cm³/mol. The zero-order valence-corrected chi connectivity index (χ0v) is 11.5. The Hall–Kier alpha value is -0.730. The molecule has 0 unspecified atom stereocenters. The molecule has 0 radical (unpaired) electrons. The molecule has 2 aliphatic heterocycles. The maximum atomic E-state index is 11.2. The minimum Gasteiger partial charge on any atom is -0.479 e. The van der Waals surface area contributed by atoms with Crippen LogP contribution in [0.5, 0.6) is 0 Å². The van der Waals surface area contributed by atoms with E-state index in [4.69, 9.17) is 18.9 Å². The van der Waals surface area contributed by atoms with Crippen molar-refractivity contribution in [3.05, 3.63) is 0 Å². The number of rotatable bonds is 3. The van der Waals surface area contributed by atoms with E-state index in [9.17, 15) is 15.0 Å². The van der Waals surface area contributed by atoms with E-state index in [2.05, 4.69) is 0 Å². The highest BCUT2D eigenvalue weighted by Crippen LogP contribution is 2.38. The number of hydrogen-bond acceptors (Lipinski definition) is 6. The molecule has 0 aromatic rings. The molecule has 0 amide bonds. The van der Waals surface area contributed by atoms with E-state index in [0.29, 0.717) is 0 Å². The van der Waals surface area contributed by atoms with Gasteiger partial charge in [0.1, 0.15) is 18.3 Å². The Morgan fingerprint density at radius 1 is 1.00 bits per heavy atom. The summed E-state index contributed by atoms with van der Waals surface area (Å²) >= 11 is 0. The molecule has 7 nitrogen and oxygen atoms in total. The van der Waals surface area contributed by atoms with Gasteiger partial charge in [0.25, 0.3) is 0 Å². The molecule has 2 N–H and O–H groups in total. The quantitative estimate of drug-likeness (QED) is 0.755. The van der Waals surface area contributed by atoms with Crippen LogP contribution in [0.25, 0.3) is 0 Å². The summed E-state index contributed by atoms with van der Waals surface area (Å²) in [6.07, 6.45) is -3.31. The summed E-state index contributed by atoms with van der Waals surface area (Å²) in [5.41, 5.74) is 0. The fraction of sp³-hybridized carbons (Fsp3) is 0.917. The standard InChI is InChI=1S/C12H20O7/c1-11(2)16-6(5-13)7(17-11)8-9(10(14)15)19-12(3,4)18-8/h6-9,13H,5H2,1-4H3,(H,14,15)/t6-,7+,8+,9-/m1/s1. The Kier molecular flexibility index (Phi) is 3.61. The van der Waals surface area contributed by atoms with Crippen LogP contribution >= 0.6 is 0 Å². The highest BCUT2D eigenvalue weighted by molar-refractivity contribution is 5.73. The number of aliphatic hydroxyl groups excluding tert-OH is 1. The minimum absolute atomic E-state index is 0.277. The molecule has 2 rings (SSSR count). The fourth-order valence-corrected chi connectivity index (χ4v) is 2.50. The first-order valence-electron chi connectivity index (χ1n) is 6.20. The average Bonchev–Trinajstić information content (AvgIpc) is 2.74. The van der Waals surface area contributed by atoms with Gasteiger partial charge in [-0.15, -0.1) is 0 Å². The van der Waals surface area contributed by atoms with Crippen LogP contribution in [0.15, 0.2) is 0 Å². The number of aliphatic hydroxyl groups is 1. The van der Waals surface area contributed by atoms with Gasteiger partial charge >= 0.3 is 5.97 Å². The first-order valence-corrected chi connectivity index (χ1v) is 6.20. The molecule has 4 atom stereocenters. The maximum Gasteiger partial charge on any atom is 0.335 e. The van der Waals surface area contributed by atoms with Crippen LogP contribution < -0.4 is 0 Å². The maximum absolute atomic E-state index is 11.2.